The van der Waals surface area contributed by atoms with Gasteiger partial charge in [-0.25, -0.2) is 0 Å². The lowest BCUT2D eigenvalue weighted by Crippen LogP contribution is -2.00. The van der Waals surface area contributed by atoms with Crippen LogP contribution in [0.15, 0.2) is 42.6 Å². The van der Waals surface area contributed by atoms with Crippen LogP contribution in [0.5, 0.6) is 0 Å². The van der Waals surface area contributed by atoms with Crippen LogP contribution in [0, 0.1) is 11.3 Å². The SMILES string of the molecule is CCc1cc(C#N)n(Cc2ccccc2)c1. The summed E-state index contributed by atoms with van der Waals surface area (Å²) < 4.78 is 2.01. The standard InChI is InChI=1S/C14H14N2/c1-2-12-8-14(9-15)16(10-12)11-13-6-4-3-5-7-13/h3-8,10H,2,11H2,1H3. The second-order valence-electron chi connectivity index (χ2n) is 3.81. The fourth-order valence-electron chi connectivity index (χ4n) is 1.77. The molecular formula is C14H14N2. The van der Waals surface area contributed by atoms with Gasteiger partial charge in [0, 0.05) is 12.7 Å². The van der Waals surface area contributed by atoms with Crippen molar-refractivity contribution in [1.29, 1.82) is 5.26 Å². The molecule has 16 heavy (non-hydrogen) atoms. The highest BCUT2D eigenvalue weighted by molar-refractivity contribution is 5.30. The molecule has 0 atom stereocenters. The predicted octanol–water partition coefficient (Wildman–Crippen LogP) is 2.97. The molecule has 0 saturated carbocycles. The van der Waals surface area contributed by atoms with Crippen molar-refractivity contribution in [2.75, 3.05) is 0 Å². The molecular weight excluding hydrogens is 196 g/mol. The highest BCUT2D eigenvalue weighted by Gasteiger charge is 2.04. The monoisotopic (exact) mass is 210 g/mol. The number of nitrogens with zero attached hydrogens (tertiary/aromatic N) is 2. The van der Waals surface area contributed by atoms with Crippen molar-refractivity contribution < 1.29 is 0 Å². The number of hydrogen-bond donors (Lipinski definition) is 0. The second kappa shape index (κ2) is 4.67. The Kier molecular flexibility index (Phi) is 3.07. The number of hydrogen-bond acceptors (Lipinski definition) is 1. The Hall–Kier alpha value is -2.01. The van der Waals surface area contributed by atoms with Gasteiger partial charge in [-0.1, -0.05) is 37.3 Å². The molecule has 1 aromatic carbocycles. The van der Waals surface area contributed by atoms with Gasteiger partial charge in [-0.15, -0.1) is 0 Å². The maximum absolute atomic E-state index is 9.03. The molecule has 2 nitrogen and oxygen atoms in total. The molecule has 1 aromatic heterocycles. The van der Waals surface area contributed by atoms with Crippen LogP contribution in [-0.4, -0.2) is 4.57 Å². The first kappa shape index (κ1) is 10.5. The molecule has 0 saturated heterocycles. The van der Waals surface area contributed by atoms with Crippen LogP contribution in [0.25, 0.3) is 0 Å². The predicted molar refractivity (Wildman–Crippen MR) is 64.1 cm³/mol. The Morgan fingerprint density at radius 2 is 1.94 bits per heavy atom. The second-order valence-corrected chi connectivity index (χ2v) is 3.81. The van der Waals surface area contributed by atoms with Gasteiger partial charge >= 0.3 is 0 Å². The van der Waals surface area contributed by atoms with Crippen LogP contribution >= 0.6 is 0 Å². The highest BCUT2D eigenvalue weighted by Crippen LogP contribution is 2.11. The summed E-state index contributed by atoms with van der Waals surface area (Å²) >= 11 is 0. The van der Waals surface area contributed by atoms with Gasteiger partial charge in [-0.2, -0.15) is 5.26 Å². The molecule has 80 valence electrons. The minimum atomic E-state index is 0.737. The first-order valence-corrected chi connectivity index (χ1v) is 5.46. The van der Waals surface area contributed by atoms with Crippen molar-refractivity contribution in [2.24, 2.45) is 0 Å². The lowest BCUT2D eigenvalue weighted by molar-refractivity contribution is 0.790. The zero-order valence-corrected chi connectivity index (χ0v) is 9.35. The lowest BCUT2D eigenvalue weighted by atomic mass is 10.2. The molecule has 0 bridgehead atoms. The van der Waals surface area contributed by atoms with Crippen LogP contribution < -0.4 is 0 Å². The Balaban J connectivity index is 2.28. The molecule has 0 aliphatic heterocycles. The number of aromatic nitrogens is 1. The first-order chi connectivity index (χ1) is 7.83. The third-order valence-corrected chi connectivity index (χ3v) is 2.67. The van der Waals surface area contributed by atoms with Gasteiger partial charge in [-0.05, 0) is 23.6 Å². The lowest BCUT2D eigenvalue weighted by Gasteiger charge is -2.04. The molecule has 1 heterocycles. The molecule has 0 unspecified atom stereocenters. The Morgan fingerprint density at radius 3 is 2.56 bits per heavy atom. The largest absolute Gasteiger partial charge is 0.335 e. The van der Waals surface area contributed by atoms with E-state index >= 15 is 0 Å². The summed E-state index contributed by atoms with van der Waals surface area (Å²) in [6.45, 7) is 2.87. The van der Waals surface area contributed by atoms with Gasteiger partial charge < -0.3 is 4.57 Å². The fraction of sp³-hybridized carbons (Fsp3) is 0.214. The van der Waals surface area contributed by atoms with Crippen molar-refractivity contribution in [3.8, 4) is 6.07 Å². The van der Waals surface area contributed by atoms with Crippen LogP contribution in [0.2, 0.25) is 0 Å². The molecule has 2 aromatic rings. The molecule has 0 aliphatic carbocycles. The number of rotatable bonds is 3. The highest BCUT2D eigenvalue weighted by atomic mass is 15.0. The smallest absolute Gasteiger partial charge is 0.120 e. The molecule has 0 radical (unpaired) electrons. The van der Waals surface area contributed by atoms with E-state index in [1.807, 2.05) is 28.8 Å². The van der Waals surface area contributed by atoms with E-state index in [9.17, 15) is 0 Å². The summed E-state index contributed by atoms with van der Waals surface area (Å²) in [4.78, 5) is 0. The molecule has 0 fully saturated rings. The van der Waals surface area contributed by atoms with E-state index in [0.717, 1.165) is 18.7 Å². The van der Waals surface area contributed by atoms with E-state index in [-0.39, 0.29) is 0 Å². The third kappa shape index (κ3) is 2.14. The van der Waals surface area contributed by atoms with Crippen molar-refractivity contribution in [3.05, 3.63) is 59.4 Å². The quantitative estimate of drug-likeness (QED) is 0.765. The molecule has 0 amide bonds. The number of aryl methyl sites for hydroxylation is 1. The van der Waals surface area contributed by atoms with Gasteiger partial charge in [0.1, 0.15) is 11.8 Å². The van der Waals surface area contributed by atoms with E-state index in [0.29, 0.717) is 0 Å². The summed E-state index contributed by atoms with van der Waals surface area (Å²) in [6.07, 6.45) is 3.03. The van der Waals surface area contributed by atoms with Crippen LogP contribution in [-0.2, 0) is 13.0 Å². The molecule has 0 spiro atoms. The van der Waals surface area contributed by atoms with Crippen molar-refractivity contribution in [1.82, 2.24) is 4.57 Å². The Morgan fingerprint density at radius 1 is 1.19 bits per heavy atom. The minimum absolute atomic E-state index is 0.737. The third-order valence-electron chi connectivity index (χ3n) is 2.67. The maximum atomic E-state index is 9.03. The Labute approximate surface area is 95.8 Å². The van der Waals surface area contributed by atoms with E-state index in [2.05, 4.69) is 31.3 Å². The fourth-order valence-corrected chi connectivity index (χ4v) is 1.77. The summed E-state index contributed by atoms with van der Waals surface area (Å²) in [5, 5.41) is 9.03. The summed E-state index contributed by atoms with van der Waals surface area (Å²) in [5.41, 5.74) is 3.17. The van der Waals surface area contributed by atoms with Crippen LogP contribution in [0.1, 0.15) is 23.7 Å². The summed E-state index contributed by atoms with van der Waals surface area (Å²) in [6, 6.07) is 14.4. The first-order valence-electron chi connectivity index (χ1n) is 5.46. The van der Waals surface area contributed by atoms with Crippen molar-refractivity contribution in [3.63, 3.8) is 0 Å². The average Bonchev–Trinajstić information content (AvgIpc) is 2.73. The number of benzene rings is 1. The van der Waals surface area contributed by atoms with Gasteiger partial charge in [0.05, 0.1) is 0 Å². The van der Waals surface area contributed by atoms with Crippen molar-refractivity contribution >= 4 is 0 Å². The average molecular weight is 210 g/mol. The maximum Gasteiger partial charge on any atom is 0.120 e. The number of nitriles is 1. The zero-order chi connectivity index (χ0) is 11.4. The van der Waals surface area contributed by atoms with Crippen LogP contribution in [0.3, 0.4) is 0 Å². The van der Waals surface area contributed by atoms with Gasteiger partial charge in [0.2, 0.25) is 0 Å². The van der Waals surface area contributed by atoms with Gasteiger partial charge in [-0.3, -0.25) is 0 Å². The molecule has 2 rings (SSSR count). The normalized spacial score (nSPS) is 10.0. The van der Waals surface area contributed by atoms with Crippen molar-refractivity contribution in [2.45, 2.75) is 19.9 Å². The molecule has 2 heteroatoms. The topological polar surface area (TPSA) is 28.7 Å². The van der Waals surface area contributed by atoms with E-state index in [4.69, 9.17) is 5.26 Å². The molecule has 0 aliphatic rings. The van der Waals surface area contributed by atoms with E-state index < -0.39 is 0 Å². The van der Waals surface area contributed by atoms with Gasteiger partial charge in [0.15, 0.2) is 0 Å². The van der Waals surface area contributed by atoms with Crippen LogP contribution in [0.4, 0.5) is 0 Å². The van der Waals surface area contributed by atoms with E-state index in [1.165, 1.54) is 11.1 Å². The minimum Gasteiger partial charge on any atom is -0.335 e. The van der Waals surface area contributed by atoms with E-state index in [1.54, 1.807) is 0 Å². The summed E-state index contributed by atoms with van der Waals surface area (Å²) in [7, 11) is 0. The summed E-state index contributed by atoms with van der Waals surface area (Å²) in [5.74, 6) is 0. The van der Waals surface area contributed by atoms with Gasteiger partial charge in [0.25, 0.3) is 0 Å². The Bertz CT molecular complexity index is 503. The molecule has 0 N–H and O–H groups in total. The zero-order valence-electron chi connectivity index (χ0n) is 9.35.